The van der Waals surface area contributed by atoms with Crippen LogP contribution in [0.1, 0.15) is 24.1 Å². The van der Waals surface area contributed by atoms with Crippen molar-refractivity contribution in [2.24, 2.45) is 4.99 Å². The highest BCUT2D eigenvalue weighted by molar-refractivity contribution is 14.0. The summed E-state index contributed by atoms with van der Waals surface area (Å²) in [6, 6.07) is 18.5. The van der Waals surface area contributed by atoms with Gasteiger partial charge in [-0.3, -0.25) is 4.99 Å². The number of halogens is 1. The molecule has 0 aliphatic carbocycles. The van der Waals surface area contributed by atoms with E-state index in [1.54, 1.807) is 14.2 Å². The molecule has 0 heterocycles. The van der Waals surface area contributed by atoms with Crippen LogP contribution in [-0.4, -0.2) is 20.1 Å². The number of hydrogen-bond donors (Lipinski definition) is 2. The Morgan fingerprint density at radius 1 is 1.09 bits per heavy atom. The second kappa shape index (κ2) is 10.1. The normalized spacial score (nSPS) is 12.0. The molecule has 4 nitrogen and oxygen atoms in total. The molecular formula is C18H24IN3O. The summed E-state index contributed by atoms with van der Waals surface area (Å²) in [4.78, 5) is 4.28. The molecule has 0 aliphatic heterocycles. The average Bonchev–Trinajstić information content (AvgIpc) is 2.59. The van der Waals surface area contributed by atoms with Crippen LogP contribution in [0.2, 0.25) is 0 Å². The molecule has 0 amide bonds. The molecule has 1 unspecified atom stereocenters. The van der Waals surface area contributed by atoms with E-state index in [9.17, 15) is 0 Å². The first kappa shape index (κ1) is 19.3. The lowest BCUT2D eigenvalue weighted by atomic mass is 10.1. The van der Waals surface area contributed by atoms with Crippen molar-refractivity contribution >= 4 is 29.9 Å². The second-order valence-electron chi connectivity index (χ2n) is 5.01. The van der Waals surface area contributed by atoms with Crippen molar-refractivity contribution in [3.63, 3.8) is 0 Å². The predicted molar refractivity (Wildman–Crippen MR) is 107 cm³/mol. The number of hydrogen-bond acceptors (Lipinski definition) is 2. The summed E-state index contributed by atoms with van der Waals surface area (Å²) < 4.78 is 5.36. The van der Waals surface area contributed by atoms with Gasteiger partial charge in [-0.1, -0.05) is 48.5 Å². The van der Waals surface area contributed by atoms with Crippen molar-refractivity contribution in [3.05, 3.63) is 65.7 Å². The fourth-order valence-corrected chi connectivity index (χ4v) is 2.25. The first-order valence-corrected chi connectivity index (χ1v) is 7.38. The predicted octanol–water partition coefficient (Wildman–Crippen LogP) is 3.74. The first-order valence-electron chi connectivity index (χ1n) is 7.38. The quantitative estimate of drug-likeness (QED) is 0.436. The van der Waals surface area contributed by atoms with Gasteiger partial charge < -0.3 is 15.4 Å². The van der Waals surface area contributed by atoms with Gasteiger partial charge in [-0.2, -0.15) is 0 Å². The van der Waals surface area contributed by atoms with Crippen LogP contribution in [0, 0.1) is 0 Å². The van der Waals surface area contributed by atoms with Gasteiger partial charge >= 0.3 is 0 Å². The molecule has 23 heavy (non-hydrogen) atoms. The molecule has 0 aliphatic rings. The Bertz CT molecular complexity index is 617. The summed E-state index contributed by atoms with van der Waals surface area (Å²) in [5.74, 6) is 1.64. The van der Waals surface area contributed by atoms with Crippen molar-refractivity contribution < 1.29 is 4.74 Å². The van der Waals surface area contributed by atoms with Gasteiger partial charge in [0.1, 0.15) is 5.75 Å². The van der Waals surface area contributed by atoms with Crippen LogP contribution >= 0.6 is 24.0 Å². The molecule has 0 saturated carbocycles. The van der Waals surface area contributed by atoms with E-state index in [0.717, 1.165) is 17.3 Å². The molecule has 2 aromatic rings. The van der Waals surface area contributed by atoms with Gasteiger partial charge in [0.15, 0.2) is 5.96 Å². The largest absolute Gasteiger partial charge is 0.496 e. The average molecular weight is 425 g/mol. The molecule has 2 aromatic carbocycles. The fourth-order valence-electron chi connectivity index (χ4n) is 2.25. The minimum absolute atomic E-state index is 0. The van der Waals surface area contributed by atoms with Crippen molar-refractivity contribution in [3.8, 4) is 5.75 Å². The maximum Gasteiger partial charge on any atom is 0.191 e. The highest BCUT2D eigenvalue weighted by atomic mass is 127. The topological polar surface area (TPSA) is 45.7 Å². The fraction of sp³-hybridized carbons (Fsp3) is 0.278. The maximum absolute atomic E-state index is 5.36. The number of aliphatic imine (C=N–C) groups is 1. The summed E-state index contributed by atoms with van der Waals surface area (Å²) in [5.41, 5.74) is 2.32. The standard InChI is InChI=1S/C18H23N3O.HI/c1-14(15-9-5-4-6-10-15)21-18(19-2)20-13-16-11-7-8-12-17(16)22-3;/h4-12,14H,13H2,1-3H3,(H2,19,20,21);1H. The molecule has 0 aromatic heterocycles. The van der Waals surface area contributed by atoms with E-state index in [-0.39, 0.29) is 30.0 Å². The Hall–Kier alpha value is -1.76. The Morgan fingerprint density at radius 2 is 1.74 bits per heavy atom. The van der Waals surface area contributed by atoms with Gasteiger partial charge in [0.2, 0.25) is 0 Å². The van der Waals surface area contributed by atoms with E-state index >= 15 is 0 Å². The number of rotatable bonds is 5. The molecule has 1 atom stereocenters. The minimum Gasteiger partial charge on any atom is -0.496 e. The smallest absolute Gasteiger partial charge is 0.191 e. The second-order valence-corrected chi connectivity index (χ2v) is 5.01. The number of ether oxygens (including phenoxy) is 1. The van der Waals surface area contributed by atoms with Gasteiger partial charge in [-0.25, -0.2) is 0 Å². The van der Waals surface area contributed by atoms with Crippen molar-refractivity contribution in [2.45, 2.75) is 19.5 Å². The lowest BCUT2D eigenvalue weighted by molar-refractivity contribution is 0.409. The van der Waals surface area contributed by atoms with Crippen molar-refractivity contribution in [2.75, 3.05) is 14.2 Å². The number of methoxy groups -OCH3 is 1. The van der Waals surface area contributed by atoms with Crippen LogP contribution in [0.15, 0.2) is 59.6 Å². The van der Waals surface area contributed by atoms with E-state index in [1.165, 1.54) is 5.56 Å². The molecule has 0 fully saturated rings. The van der Waals surface area contributed by atoms with E-state index in [4.69, 9.17) is 4.74 Å². The highest BCUT2D eigenvalue weighted by Gasteiger charge is 2.08. The maximum atomic E-state index is 5.36. The summed E-state index contributed by atoms with van der Waals surface area (Å²) in [6.07, 6.45) is 0. The summed E-state index contributed by atoms with van der Waals surface area (Å²) in [6.45, 7) is 2.77. The number of benzene rings is 2. The third-order valence-electron chi connectivity index (χ3n) is 3.52. The van der Waals surface area contributed by atoms with Gasteiger partial charge in [0, 0.05) is 19.2 Å². The lowest BCUT2D eigenvalue weighted by Gasteiger charge is -2.18. The van der Waals surface area contributed by atoms with Gasteiger partial charge in [0.25, 0.3) is 0 Å². The Kier molecular flexibility index (Phi) is 8.47. The minimum atomic E-state index is 0. The van der Waals surface area contributed by atoms with Crippen LogP contribution in [0.3, 0.4) is 0 Å². The van der Waals surface area contributed by atoms with Crippen LogP contribution in [0.25, 0.3) is 0 Å². The molecule has 0 radical (unpaired) electrons. The number of nitrogens with one attached hydrogen (secondary N) is 2. The molecular weight excluding hydrogens is 401 g/mol. The Morgan fingerprint density at radius 3 is 2.39 bits per heavy atom. The molecule has 5 heteroatoms. The van der Waals surface area contributed by atoms with Crippen LogP contribution in [0.4, 0.5) is 0 Å². The Balaban J connectivity index is 0.00000264. The SMILES string of the molecule is CN=C(NCc1ccccc1OC)NC(C)c1ccccc1.I. The number of guanidine groups is 1. The first-order chi connectivity index (χ1) is 10.7. The molecule has 124 valence electrons. The zero-order chi connectivity index (χ0) is 15.8. The van der Waals surface area contributed by atoms with E-state index < -0.39 is 0 Å². The third-order valence-corrected chi connectivity index (χ3v) is 3.52. The molecule has 2 rings (SSSR count). The monoisotopic (exact) mass is 425 g/mol. The molecule has 0 spiro atoms. The third kappa shape index (κ3) is 5.74. The van der Waals surface area contributed by atoms with Crippen molar-refractivity contribution in [1.29, 1.82) is 0 Å². The number of para-hydroxylation sites is 1. The van der Waals surface area contributed by atoms with Gasteiger partial charge in [0.05, 0.1) is 13.2 Å². The summed E-state index contributed by atoms with van der Waals surface area (Å²) >= 11 is 0. The number of nitrogens with zero attached hydrogens (tertiary/aromatic N) is 1. The Labute approximate surface area is 155 Å². The van der Waals surface area contributed by atoms with Gasteiger partial charge in [-0.05, 0) is 18.6 Å². The summed E-state index contributed by atoms with van der Waals surface area (Å²) in [5, 5.41) is 6.71. The molecule has 0 bridgehead atoms. The zero-order valence-corrected chi connectivity index (χ0v) is 16.1. The highest BCUT2D eigenvalue weighted by Crippen LogP contribution is 2.16. The van der Waals surface area contributed by atoms with Crippen LogP contribution < -0.4 is 15.4 Å². The molecule has 0 saturated heterocycles. The van der Waals surface area contributed by atoms with Crippen molar-refractivity contribution in [1.82, 2.24) is 10.6 Å². The van der Waals surface area contributed by atoms with E-state index in [1.807, 2.05) is 42.5 Å². The lowest BCUT2D eigenvalue weighted by Crippen LogP contribution is -2.38. The van der Waals surface area contributed by atoms with Gasteiger partial charge in [-0.15, -0.1) is 24.0 Å². The molecule has 2 N–H and O–H groups in total. The zero-order valence-electron chi connectivity index (χ0n) is 13.7. The summed E-state index contributed by atoms with van der Waals surface area (Å²) in [7, 11) is 3.46. The van der Waals surface area contributed by atoms with E-state index in [2.05, 4.69) is 34.7 Å². The van der Waals surface area contributed by atoms with E-state index in [0.29, 0.717) is 6.54 Å². The van der Waals surface area contributed by atoms with Crippen LogP contribution in [-0.2, 0) is 6.54 Å². The van der Waals surface area contributed by atoms with Crippen LogP contribution in [0.5, 0.6) is 5.75 Å².